The van der Waals surface area contributed by atoms with Crippen molar-refractivity contribution in [3.05, 3.63) is 21.3 Å². The molecule has 0 N–H and O–H groups in total. The van der Waals surface area contributed by atoms with Crippen molar-refractivity contribution in [2.45, 2.75) is 6.92 Å². The molecule has 2 aromatic rings. The molecule has 13 heavy (non-hydrogen) atoms. The second kappa shape index (κ2) is 3.17. The van der Waals surface area contributed by atoms with Gasteiger partial charge in [0, 0.05) is 3.57 Å². The van der Waals surface area contributed by atoms with Gasteiger partial charge in [-0.25, -0.2) is 0 Å². The molecule has 68 valence electrons. The van der Waals surface area contributed by atoms with Gasteiger partial charge in [-0.1, -0.05) is 0 Å². The number of fused-ring (bicyclic) bond motifs is 1. The lowest BCUT2D eigenvalue weighted by atomic mass is 10.2. The van der Waals surface area contributed by atoms with Crippen LogP contribution in [0, 0.1) is 10.5 Å². The first-order valence-corrected chi connectivity index (χ1v) is 4.90. The summed E-state index contributed by atoms with van der Waals surface area (Å²) in [7, 11) is 1.59. The fourth-order valence-corrected chi connectivity index (χ4v) is 2.07. The zero-order valence-corrected chi connectivity index (χ0v) is 9.45. The zero-order valence-electron chi connectivity index (χ0n) is 7.30. The normalized spacial score (nSPS) is 10.7. The van der Waals surface area contributed by atoms with Gasteiger partial charge in [0.25, 0.3) is 5.88 Å². The van der Waals surface area contributed by atoms with Gasteiger partial charge in [-0.3, -0.25) is 0 Å². The van der Waals surface area contributed by atoms with Crippen LogP contribution in [-0.2, 0) is 0 Å². The monoisotopic (exact) mass is 289 g/mol. The molecule has 1 heterocycles. The fourth-order valence-electron chi connectivity index (χ4n) is 1.29. The van der Waals surface area contributed by atoms with Crippen molar-refractivity contribution >= 4 is 33.6 Å². The summed E-state index contributed by atoms with van der Waals surface area (Å²) in [4.78, 5) is 0. The zero-order chi connectivity index (χ0) is 9.42. The standard InChI is InChI=1S/C9H8INO2/c1-5-3-6(10)4-7-8(5)13-11-9(7)12-2/h3-4H,1-2H3. The topological polar surface area (TPSA) is 35.3 Å². The fraction of sp³-hybridized carbons (Fsp3) is 0.222. The molecule has 0 radical (unpaired) electrons. The Hall–Kier alpha value is -0.780. The predicted molar refractivity (Wildman–Crippen MR) is 58.0 cm³/mol. The minimum absolute atomic E-state index is 0.552. The van der Waals surface area contributed by atoms with E-state index in [-0.39, 0.29) is 0 Å². The van der Waals surface area contributed by atoms with Gasteiger partial charge < -0.3 is 9.26 Å². The number of hydrogen-bond acceptors (Lipinski definition) is 3. The van der Waals surface area contributed by atoms with Crippen molar-refractivity contribution in [1.82, 2.24) is 5.16 Å². The lowest BCUT2D eigenvalue weighted by molar-refractivity contribution is 0.350. The van der Waals surface area contributed by atoms with Gasteiger partial charge in [-0.15, -0.1) is 0 Å². The largest absolute Gasteiger partial charge is 0.478 e. The predicted octanol–water partition coefficient (Wildman–Crippen LogP) is 2.75. The van der Waals surface area contributed by atoms with Crippen molar-refractivity contribution in [1.29, 1.82) is 0 Å². The number of aromatic nitrogens is 1. The maximum atomic E-state index is 5.15. The van der Waals surface area contributed by atoms with Crippen LogP contribution in [0.25, 0.3) is 11.0 Å². The van der Waals surface area contributed by atoms with Crippen LogP contribution >= 0.6 is 22.6 Å². The SMILES string of the molecule is COc1noc2c(C)cc(I)cc12. The number of hydrogen-bond donors (Lipinski definition) is 0. The molecule has 0 aliphatic rings. The molecular weight excluding hydrogens is 281 g/mol. The van der Waals surface area contributed by atoms with E-state index in [2.05, 4.69) is 27.7 Å². The quantitative estimate of drug-likeness (QED) is 0.757. The molecule has 0 aliphatic carbocycles. The Labute approximate surface area is 89.2 Å². The van der Waals surface area contributed by atoms with Crippen LogP contribution in [0.15, 0.2) is 16.7 Å². The van der Waals surface area contributed by atoms with Crippen LogP contribution in [0.4, 0.5) is 0 Å². The van der Waals surface area contributed by atoms with Crippen LogP contribution < -0.4 is 4.74 Å². The third kappa shape index (κ3) is 1.39. The highest BCUT2D eigenvalue weighted by Gasteiger charge is 2.10. The summed E-state index contributed by atoms with van der Waals surface area (Å²) in [5.41, 5.74) is 1.88. The molecule has 2 rings (SSSR count). The van der Waals surface area contributed by atoms with Crippen molar-refractivity contribution in [3.8, 4) is 5.88 Å². The third-order valence-electron chi connectivity index (χ3n) is 1.88. The van der Waals surface area contributed by atoms with Crippen molar-refractivity contribution in [2.24, 2.45) is 0 Å². The summed E-state index contributed by atoms with van der Waals surface area (Å²) in [5.74, 6) is 0.552. The summed E-state index contributed by atoms with van der Waals surface area (Å²) in [6.45, 7) is 2.00. The molecular formula is C9H8INO2. The number of nitrogens with zero attached hydrogens (tertiary/aromatic N) is 1. The molecule has 1 aromatic carbocycles. The first-order valence-electron chi connectivity index (χ1n) is 3.82. The Morgan fingerprint density at radius 2 is 2.23 bits per heavy atom. The first-order chi connectivity index (χ1) is 6.22. The molecule has 0 spiro atoms. The molecule has 0 saturated heterocycles. The molecule has 1 aromatic heterocycles. The van der Waals surface area contributed by atoms with Crippen molar-refractivity contribution in [3.63, 3.8) is 0 Å². The second-order valence-corrected chi connectivity index (χ2v) is 4.04. The minimum atomic E-state index is 0.552. The molecule has 0 unspecified atom stereocenters. The maximum Gasteiger partial charge on any atom is 0.261 e. The van der Waals surface area contributed by atoms with Gasteiger partial charge in [0.1, 0.15) is 0 Å². The van der Waals surface area contributed by atoms with Crippen LogP contribution in [0.1, 0.15) is 5.56 Å². The summed E-state index contributed by atoms with van der Waals surface area (Å²) in [6.07, 6.45) is 0. The van der Waals surface area contributed by atoms with Crippen LogP contribution in [-0.4, -0.2) is 12.3 Å². The van der Waals surface area contributed by atoms with E-state index in [0.29, 0.717) is 5.88 Å². The Morgan fingerprint density at radius 1 is 1.46 bits per heavy atom. The summed E-state index contributed by atoms with van der Waals surface area (Å²) in [5, 5.41) is 4.75. The lowest BCUT2D eigenvalue weighted by Gasteiger charge is -1.96. The van der Waals surface area contributed by atoms with E-state index in [1.54, 1.807) is 7.11 Å². The molecule has 0 fully saturated rings. The Morgan fingerprint density at radius 3 is 2.92 bits per heavy atom. The Bertz CT molecular complexity index is 450. The summed E-state index contributed by atoms with van der Waals surface area (Å²) < 4.78 is 11.4. The Kier molecular flexibility index (Phi) is 2.15. The summed E-state index contributed by atoms with van der Waals surface area (Å²) >= 11 is 2.26. The molecule has 0 bridgehead atoms. The number of ether oxygens (including phenoxy) is 1. The van der Waals surface area contributed by atoms with E-state index in [1.165, 1.54) is 0 Å². The van der Waals surface area contributed by atoms with E-state index in [0.717, 1.165) is 20.1 Å². The van der Waals surface area contributed by atoms with E-state index in [1.807, 2.05) is 19.1 Å². The first kappa shape index (κ1) is 8.80. The van der Waals surface area contributed by atoms with Crippen LogP contribution in [0.2, 0.25) is 0 Å². The number of benzene rings is 1. The minimum Gasteiger partial charge on any atom is -0.478 e. The van der Waals surface area contributed by atoms with E-state index in [9.17, 15) is 0 Å². The number of methoxy groups -OCH3 is 1. The molecule has 4 heteroatoms. The van der Waals surface area contributed by atoms with Crippen LogP contribution in [0.5, 0.6) is 5.88 Å². The van der Waals surface area contributed by atoms with Gasteiger partial charge >= 0.3 is 0 Å². The smallest absolute Gasteiger partial charge is 0.261 e. The molecule has 0 amide bonds. The van der Waals surface area contributed by atoms with Crippen molar-refractivity contribution in [2.75, 3.05) is 7.11 Å². The number of aryl methyl sites for hydroxylation is 1. The highest BCUT2D eigenvalue weighted by molar-refractivity contribution is 14.1. The number of halogens is 1. The van der Waals surface area contributed by atoms with E-state index >= 15 is 0 Å². The third-order valence-corrected chi connectivity index (χ3v) is 2.51. The second-order valence-electron chi connectivity index (χ2n) is 2.79. The maximum absolute atomic E-state index is 5.15. The molecule has 3 nitrogen and oxygen atoms in total. The van der Waals surface area contributed by atoms with Crippen LogP contribution in [0.3, 0.4) is 0 Å². The highest BCUT2D eigenvalue weighted by Crippen LogP contribution is 2.28. The van der Waals surface area contributed by atoms with E-state index in [4.69, 9.17) is 9.26 Å². The van der Waals surface area contributed by atoms with Gasteiger partial charge in [-0.2, -0.15) is 0 Å². The average Bonchev–Trinajstić information content (AvgIpc) is 2.47. The van der Waals surface area contributed by atoms with Gasteiger partial charge in [0.15, 0.2) is 5.58 Å². The van der Waals surface area contributed by atoms with Gasteiger partial charge in [0.2, 0.25) is 0 Å². The van der Waals surface area contributed by atoms with Gasteiger partial charge in [-0.05, 0) is 52.4 Å². The summed E-state index contributed by atoms with van der Waals surface area (Å²) in [6, 6.07) is 4.05. The Balaban J connectivity index is 2.82. The van der Waals surface area contributed by atoms with Gasteiger partial charge in [0.05, 0.1) is 12.5 Å². The van der Waals surface area contributed by atoms with E-state index < -0.39 is 0 Å². The van der Waals surface area contributed by atoms with Crippen molar-refractivity contribution < 1.29 is 9.26 Å². The number of rotatable bonds is 1. The molecule has 0 aliphatic heterocycles. The molecule has 0 saturated carbocycles. The lowest BCUT2D eigenvalue weighted by Crippen LogP contribution is -1.83. The molecule has 0 atom stereocenters. The highest BCUT2D eigenvalue weighted by atomic mass is 127. The average molecular weight is 289 g/mol.